The van der Waals surface area contributed by atoms with Gasteiger partial charge >= 0.3 is 39.9 Å². The predicted octanol–water partition coefficient (Wildman–Crippen LogP) is -1.72. The molecule has 7 nitrogen and oxygen atoms in total. The second-order valence-corrected chi connectivity index (χ2v) is 1.13. The topological polar surface area (TPSA) is 143 Å². The predicted molar refractivity (Wildman–Crippen MR) is 34.5 cm³/mol. The minimum atomic E-state index is -1.18. The summed E-state index contributed by atoms with van der Waals surface area (Å²) in [5, 5.41) is 15.9. The average Bonchev–Trinajstić information content (AvgIpc) is 2.25. The number of hydrogen-bond acceptors (Lipinski definition) is 3. The number of carboxylic acids is 1. The third-order valence-corrected chi connectivity index (χ3v) is 0.514. The maximum Gasteiger partial charge on any atom is 0 e. The number of aliphatic carboxylic acids is 1. The number of rotatable bonds is 2. The maximum atomic E-state index is 9.65. The van der Waals surface area contributed by atoms with E-state index in [0.29, 0.717) is 0 Å². The minimum absolute atomic E-state index is 0. The van der Waals surface area contributed by atoms with E-state index >= 15 is 0 Å². The molecule has 0 fully saturated rings. The molecule has 0 bridgehead atoms. The molecule has 0 rings (SSSR count). The van der Waals surface area contributed by atoms with Crippen molar-refractivity contribution < 1.29 is 49.4 Å². The van der Waals surface area contributed by atoms with Crippen LogP contribution >= 0.6 is 0 Å². The van der Waals surface area contributed by atoms with Crippen LogP contribution in [0.15, 0.2) is 0 Å². The Kier molecular flexibility index (Phi) is 82.7. The van der Waals surface area contributed by atoms with E-state index in [1.807, 2.05) is 0 Å². The van der Waals surface area contributed by atoms with Crippen molar-refractivity contribution in [1.29, 1.82) is 0 Å². The minimum Gasteiger partial charge on any atom is 0 e. The second-order valence-electron chi connectivity index (χ2n) is 1.13. The van der Waals surface area contributed by atoms with Gasteiger partial charge in [0.2, 0.25) is 0 Å². The van der Waals surface area contributed by atoms with Gasteiger partial charge in [0.1, 0.15) is 6.04 Å². The van der Waals surface area contributed by atoms with Gasteiger partial charge < -0.3 is 15.9 Å². The molecule has 0 aliphatic rings. The summed E-state index contributed by atoms with van der Waals surface area (Å²) in [5.41, 5.74) is 4.77. The number of carboxylic acid groups (broad SMARTS) is 1. The zero-order valence-corrected chi connectivity index (χ0v) is 9.48. The Morgan fingerprint density at radius 2 is 1.43 bits per heavy atom. The molecule has 0 saturated carbocycles. The van der Waals surface area contributed by atoms with E-state index in [-0.39, 0.29) is 20.4 Å². The summed E-state index contributed by atoms with van der Waals surface area (Å²) < 4.78 is 22.5. The molecule has 1 radical (unpaired) electrons. The van der Waals surface area contributed by atoms with Crippen LogP contribution in [0.4, 0.5) is 0 Å². The first-order valence-corrected chi connectivity index (χ1v) is 2.39. The van der Waals surface area contributed by atoms with E-state index in [1.54, 1.807) is 0 Å². The molecule has 14 heavy (non-hydrogen) atoms. The summed E-state index contributed by atoms with van der Waals surface area (Å²) in [7, 11) is 0. The van der Waals surface area contributed by atoms with Crippen molar-refractivity contribution in [2.24, 2.45) is 5.73 Å². The Balaban J connectivity index is -0.0000000332. The molecule has 0 saturated heterocycles. The number of nitrogens with two attached hydrogens (primary N) is 1. The van der Waals surface area contributed by atoms with E-state index in [4.69, 9.17) is 29.9 Å². The first-order valence-electron chi connectivity index (χ1n) is 2.39. The zero-order valence-electron chi connectivity index (χ0n) is 6.77. The summed E-state index contributed by atoms with van der Waals surface area (Å²) in [6, 6.07) is -1.13. The number of hydrogen-bond donors (Lipinski definition) is 3. The van der Waals surface area contributed by atoms with Gasteiger partial charge in [-0.2, -0.15) is 0 Å². The third kappa shape index (κ3) is 42.8. The number of carbonyl (C=O) groups is 1. The fourth-order valence-corrected chi connectivity index (χ4v) is 0.0781. The molecule has 0 aliphatic carbocycles. The van der Waals surface area contributed by atoms with Gasteiger partial charge in [0.15, 0.2) is 0 Å². The van der Waals surface area contributed by atoms with Crippen LogP contribution < -0.4 is 5.73 Å². The number of aliphatic hydroxyl groups is 1. The van der Waals surface area contributed by atoms with Crippen LogP contribution in [-0.2, 0) is 39.2 Å². The Morgan fingerprint density at radius 3 is 1.43 bits per heavy atom. The molecule has 0 aromatic rings. The summed E-state index contributed by atoms with van der Waals surface area (Å²) in [6.07, 6.45) is 0. The molecule has 0 aromatic carbocycles. The van der Waals surface area contributed by atoms with Crippen molar-refractivity contribution in [2.45, 2.75) is 6.04 Å². The molecule has 0 spiro atoms. The van der Waals surface area contributed by atoms with Crippen LogP contribution in [0.1, 0.15) is 0 Å². The van der Waals surface area contributed by atoms with Gasteiger partial charge in [0, 0.05) is 20.4 Å². The Morgan fingerprint density at radius 1 is 1.21 bits per heavy atom. The van der Waals surface area contributed by atoms with Gasteiger partial charge in [-0.25, -0.2) is 0 Å². The van der Waals surface area contributed by atoms with E-state index in [9.17, 15) is 4.79 Å². The SMILES string of the molecule is N[C@@H](CO)C(=O)O.[C-]#[O+].[C-]#[O+].[C-]#[O+].[Re]. The van der Waals surface area contributed by atoms with Crippen LogP contribution in [-0.4, -0.2) is 28.8 Å². The summed E-state index contributed by atoms with van der Waals surface area (Å²) >= 11 is 0. The van der Waals surface area contributed by atoms with Crippen molar-refractivity contribution >= 4 is 5.97 Å². The van der Waals surface area contributed by atoms with Crippen molar-refractivity contribution in [3.05, 3.63) is 20.0 Å². The Hall–Kier alpha value is -0.728. The second kappa shape index (κ2) is 39.6. The van der Waals surface area contributed by atoms with Crippen LogP contribution in [0.5, 0.6) is 0 Å². The van der Waals surface area contributed by atoms with Gasteiger partial charge in [-0.3, -0.25) is 4.79 Å². The van der Waals surface area contributed by atoms with Crippen molar-refractivity contribution in [3.8, 4) is 0 Å². The van der Waals surface area contributed by atoms with Crippen LogP contribution in [0.2, 0.25) is 0 Å². The quantitative estimate of drug-likeness (QED) is 0.389. The molecular formula is C6H7NO6Re. The fourth-order valence-electron chi connectivity index (χ4n) is 0.0781. The van der Waals surface area contributed by atoms with Gasteiger partial charge in [0.05, 0.1) is 6.61 Å². The molecule has 0 amide bonds. The maximum absolute atomic E-state index is 9.65. The largest absolute Gasteiger partial charge is 0 e. The van der Waals surface area contributed by atoms with Gasteiger partial charge in [-0.05, 0) is 0 Å². The molecule has 0 unspecified atom stereocenters. The van der Waals surface area contributed by atoms with E-state index in [0.717, 1.165) is 0 Å². The molecule has 1 atom stereocenters. The normalized spacial score (nSPS) is 7.14. The molecule has 0 aliphatic heterocycles. The first-order chi connectivity index (χ1) is 6.18. The van der Waals surface area contributed by atoms with Crippen LogP contribution in [0.3, 0.4) is 0 Å². The molecule has 4 N–H and O–H groups in total. The van der Waals surface area contributed by atoms with E-state index in [1.165, 1.54) is 0 Å². The third-order valence-electron chi connectivity index (χ3n) is 0.514. The molecule has 0 heterocycles. The Labute approximate surface area is 94.1 Å². The fraction of sp³-hybridized carbons (Fsp3) is 0.333. The van der Waals surface area contributed by atoms with Crippen LogP contribution in [0, 0.1) is 20.0 Å². The molecule has 0 aromatic heterocycles. The van der Waals surface area contributed by atoms with Crippen molar-refractivity contribution in [2.75, 3.05) is 6.61 Å². The first kappa shape index (κ1) is 29.2. The van der Waals surface area contributed by atoms with E-state index in [2.05, 4.69) is 20.0 Å². The monoisotopic (exact) mass is 376 g/mol. The van der Waals surface area contributed by atoms with Crippen molar-refractivity contribution in [3.63, 3.8) is 0 Å². The van der Waals surface area contributed by atoms with Crippen molar-refractivity contribution in [1.82, 2.24) is 0 Å². The molecular weight excluding hydrogens is 368 g/mol. The smallest absolute Gasteiger partial charge is 0 e. The zero-order chi connectivity index (χ0) is 11.9. The standard InChI is InChI=1S/C3H7NO3.3CO.Re/c4-2(1-5)3(6)7;3*1-2;/h2,5H,1,4H2,(H,6,7);;;;/t2-;;;;/m0..../s1. The average molecular weight is 375 g/mol. The summed E-state index contributed by atoms with van der Waals surface area (Å²) in [6.45, 7) is 13.0. The van der Waals surface area contributed by atoms with E-state index < -0.39 is 18.6 Å². The number of aliphatic hydroxyl groups excluding tert-OH is 1. The van der Waals surface area contributed by atoms with Crippen LogP contribution in [0.25, 0.3) is 0 Å². The van der Waals surface area contributed by atoms with Gasteiger partial charge in [0.25, 0.3) is 0 Å². The molecule has 79 valence electrons. The van der Waals surface area contributed by atoms with Gasteiger partial charge in [-0.15, -0.1) is 0 Å². The molecule has 8 heteroatoms. The summed E-state index contributed by atoms with van der Waals surface area (Å²) in [5.74, 6) is -1.18. The Bertz CT molecular complexity index is 151. The summed E-state index contributed by atoms with van der Waals surface area (Å²) in [4.78, 5) is 9.65. The van der Waals surface area contributed by atoms with Gasteiger partial charge in [-0.1, -0.05) is 0 Å².